The monoisotopic (exact) mass is 1130 g/mol. The van der Waals surface area contributed by atoms with Crippen LogP contribution in [0.25, 0.3) is 14.5 Å². The van der Waals surface area contributed by atoms with Crippen molar-refractivity contribution in [2.75, 3.05) is 12.3 Å². The molecule has 0 aliphatic carbocycles. The summed E-state index contributed by atoms with van der Waals surface area (Å²) in [6.45, 7) is 44.0. The Hall–Kier alpha value is -4.36. The number of alkyl halides is 6. The number of nitrogens with zero attached hydrogens (tertiary/aromatic N) is 3. The largest absolute Gasteiger partial charge is 2.00 e. The van der Waals surface area contributed by atoms with E-state index in [0.717, 1.165) is 0 Å². The van der Waals surface area contributed by atoms with E-state index < -0.39 is 31.3 Å². The smallest absolute Gasteiger partial charge is 0.0622 e. The molecule has 0 aliphatic heterocycles. The van der Waals surface area contributed by atoms with Gasteiger partial charge in [0.05, 0.1) is 0 Å². The van der Waals surface area contributed by atoms with Crippen LogP contribution in [0.5, 0.6) is 0 Å². The minimum atomic E-state index is -6.09. The fourth-order valence-corrected chi connectivity index (χ4v) is 8.80. The van der Waals surface area contributed by atoms with Crippen molar-refractivity contribution >= 4 is 63.1 Å². The van der Waals surface area contributed by atoms with Gasteiger partial charge in [-0.2, -0.15) is 26.3 Å². The fourth-order valence-electron chi connectivity index (χ4n) is 3.45. The van der Waals surface area contributed by atoms with Gasteiger partial charge in [-0.3, -0.25) is 0 Å². The van der Waals surface area contributed by atoms with Gasteiger partial charge < -0.3 is 28.4 Å². The van der Waals surface area contributed by atoms with Crippen molar-refractivity contribution in [2.24, 2.45) is 0 Å². The van der Waals surface area contributed by atoms with Crippen molar-refractivity contribution in [2.45, 2.75) is 104 Å². The van der Waals surface area contributed by atoms with Crippen LogP contribution in [0.3, 0.4) is 0 Å². The van der Waals surface area contributed by atoms with Crippen LogP contribution in [0.2, 0.25) is 0 Å². The van der Waals surface area contributed by atoms with E-state index in [9.17, 15) is 31.1 Å². The van der Waals surface area contributed by atoms with E-state index in [0.29, 0.717) is 0 Å². The van der Waals surface area contributed by atoms with Crippen LogP contribution in [0, 0.1) is 26.4 Å². The van der Waals surface area contributed by atoms with Crippen LogP contribution in [0.1, 0.15) is 76.2 Å². The van der Waals surface area contributed by atoms with Gasteiger partial charge in [0.1, 0.15) is 5.78 Å². The molecule has 380 valence electrons. The zero-order valence-electron chi connectivity index (χ0n) is 39.9. The maximum atomic E-state index is 10.7. The minimum Gasteiger partial charge on any atom is -0.0622 e. The van der Waals surface area contributed by atoms with Crippen LogP contribution in [-0.2, 0) is 49.2 Å². The van der Waals surface area contributed by atoms with Crippen LogP contribution < -0.4 is 21.2 Å². The van der Waals surface area contributed by atoms with E-state index in [1.54, 1.807) is 0 Å². The molecule has 0 atom stereocenters. The van der Waals surface area contributed by atoms with Crippen molar-refractivity contribution in [3.63, 3.8) is 0 Å². The molecular formula is C47H57F6N3O8P2RuS2. The normalized spacial score (nSPS) is 10.8. The molecular weight excluding hydrogens is 1080 g/mol. The van der Waals surface area contributed by atoms with E-state index in [2.05, 4.69) is 143 Å². The summed E-state index contributed by atoms with van der Waals surface area (Å²) < 4.78 is 125. The molecule has 0 N–H and O–H groups in total. The van der Waals surface area contributed by atoms with Crippen molar-refractivity contribution in [1.29, 1.82) is 0 Å². The van der Waals surface area contributed by atoms with Crippen LogP contribution >= 0.6 is 15.8 Å². The van der Waals surface area contributed by atoms with Crippen LogP contribution in [0.4, 0.5) is 26.3 Å². The molecule has 0 heterocycles. The predicted octanol–water partition coefficient (Wildman–Crippen LogP) is 11.0. The van der Waals surface area contributed by atoms with E-state index in [1.165, 1.54) is 47.4 Å². The number of benzene rings is 4. The Morgan fingerprint density at radius 2 is 0.594 bits per heavy atom. The molecule has 4 aromatic rings. The minimum absolute atomic E-state index is 0. The summed E-state index contributed by atoms with van der Waals surface area (Å²) in [6.07, 6.45) is 2.41. The van der Waals surface area contributed by atoms with Gasteiger partial charge in [-0.05, 0) is 63.2 Å². The quantitative estimate of drug-likeness (QED) is 0.0338. The van der Waals surface area contributed by atoms with Crippen LogP contribution in [-0.4, -0.2) is 71.7 Å². The van der Waals surface area contributed by atoms with Crippen LogP contribution in [0.15, 0.2) is 121 Å². The summed E-state index contributed by atoms with van der Waals surface area (Å²) in [5, 5.41) is 5.89. The predicted molar refractivity (Wildman–Crippen MR) is 259 cm³/mol. The molecule has 0 unspecified atom stereocenters. The molecule has 69 heavy (non-hydrogen) atoms. The number of halogens is 6. The second kappa shape index (κ2) is 35.7. The Morgan fingerprint density at radius 3 is 0.681 bits per heavy atom. The molecule has 0 spiro atoms. The molecule has 0 fully saturated rings. The second-order valence-corrected chi connectivity index (χ2v) is 23.6. The number of carbonyl (C=O) groups excluding carboxylic acids is 1. The Labute approximate surface area is 420 Å². The molecule has 0 aliphatic rings. The molecule has 0 aromatic heterocycles. The third-order valence-corrected chi connectivity index (χ3v) is 12.9. The van der Waals surface area contributed by atoms with Crippen molar-refractivity contribution in [3.8, 4) is 0 Å². The van der Waals surface area contributed by atoms with Gasteiger partial charge in [0, 0.05) is 62.3 Å². The SMILES string of the molecule is CC(C)=O.O=S(=O)([O-])C(F)(F)F.O=S(=O)([O-])C(F)(F)F.[C-]#[N+]C(C)(C)C.[C-]#[N+]C(C)(C)C.[C-]#[N+]C(C)(C)C.[C-]#[O+].[Ru+2].c1ccc(P(CCP(c2ccccc2)c2ccccc2)c2ccccc2)cc1. The third kappa shape index (κ3) is 42.3. The molecule has 0 radical (unpaired) electrons. The summed E-state index contributed by atoms with van der Waals surface area (Å²) in [7, 11) is -12.9. The summed E-state index contributed by atoms with van der Waals surface area (Å²) in [4.78, 5) is 19.3. The van der Waals surface area contributed by atoms with Gasteiger partial charge in [-0.25, -0.2) is 36.6 Å². The maximum Gasteiger partial charge on any atom is 2.00 e. The molecule has 0 saturated carbocycles. The molecule has 22 heteroatoms. The summed E-state index contributed by atoms with van der Waals surface area (Å²) >= 11 is 0. The standard InChI is InChI=1S/C26H24P2.3C5H9N.C3H6O.2CHF3O3S.CO.Ru/c1-5-13-23(14-6-1)27(24-15-7-2-8-16-24)21-22-28(25-17-9-3-10-18-25)26-19-11-4-12-20-26;3*1-5(2,3)6-4;1-3(2)4;2*2-1(3,4)8(5,6)7;1-2;/h1-20H,21-22H2;3*1-3H3;1-2H3;2*(H,5,6,7);;/q;;;;;;;;+2/p-2. The first-order chi connectivity index (χ1) is 30.8. The summed E-state index contributed by atoms with van der Waals surface area (Å²) in [5.41, 5.74) is -11.8. The molecule has 11 nitrogen and oxygen atoms in total. The third-order valence-electron chi connectivity index (χ3n) is 6.39. The van der Waals surface area contributed by atoms with Crippen molar-refractivity contribution in [1.82, 2.24) is 0 Å². The average molecular weight is 1130 g/mol. The molecule has 0 amide bonds. The van der Waals surface area contributed by atoms with Crippen molar-refractivity contribution < 1.29 is 81.2 Å². The first kappa shape index (κ1) is 73.6. The Bertz CT molecular complexity index is 2110. The number of carbonyl (C=O) groups is 1. The number of Topliss-reactive ketones (excluding diaryl/α,β-unsaturated/α-hetero) is 1. The zero-order valence-corrected chi connectivity index (χ0v) is 45.1. The topological polar surface area (TPSA) is 164 Å². The molecule has 4 rings (SSSR count). The number of ketones is 1. The van der Waals surface area contributed by atoms with Gasteiger partial charge in [0.25, 0.3) is 0 Å². The summed E-state index contributed by atoms with van der Waals surface area (Å²) in [6, 6.07) is 44.2. The number of rotatable bonds is 7. The molecule has 0 saturated heterocycles. The van der Waals surface area contributed by atoms with Gasteiger partial charge in [-0.1, -0.05) is 121 Å². The Kier molecular flexibility index (Phi) is 38.1. The number of hydrogen-bond acceptors (Lipinski definition) is 7. The fraction of sp³-hybridized carbons (Fsp3) is 0.383. The van der Waals surface area contributed by atoms with E-state index in [-0.39, 0.29) is 57.7 Å². The van der Waals surface area contributed by atoms with Crippen molar-refractivity contribution in [3.05, 3.63) is 162 Å². The molecule has 0 bridgehead atoms. The Balaban J connectivity index is -0.000000274. The average Bonchev–Trinajstić information content (AvgIpc) is 3.23. The van der Waals surface area contributed by atoms with E-state index in [1.807, 2.05) is 62.3 Å². The van der Waals surface area contributed by atoms with Gasteiger partial charge in [-0.15, -0.1) is 0 Å². The number of hydrogen-bond donors (Lipinski definition) is 0. The Morgan fingerprint density at radius 1 is 0.478 bits per heavy atom. The van der Waals surface area contributed by atoms with E-state index in [4.69, 9.17) is 50.3 Å². The maximum absolute atomic E-state index is 10.7. The second-order valence-electron chi connectivity index (χ2n) is 16.2. The zero-order chi connectivity index (χ0) is 54.2. The van der Waals surface area contributed by atoms with E-state index >= 15 is 0 Å². The first-order valence-electron chi connectivity index (χ1n) is 19.5. The van der Waals surface area contributed by atoms with Gasteiger partial charge >= 0.3 is 41.8 Å². The van der Waals surface area contributed by atoms with Gasteiger partial charge in [0.2, 0.25) is 16.6 Å². The first-order valence-corrected chi connectivity index (χ1v) is 25.3. The molecule has 4 aromatic carbocycles. The van der Waals surface area contributed by atoms with Gasteiger partial charge in [0.15, 0.2) is 20.2 Å². The summed E-state index contributed by atoms with van der Waals surface area (Å²) in [5.74, 6) is 0.167.